The third-order valence-corrected chi connectivity index (χ3v) is 2.38. The number of hydrogen-bond acceptors (Lipinski definition) is 3. The van der Waals surface area contributed by atoms with Gasteiger partial charge >= 0.3 is 0 Å². The molecule has 3 nitrogen and oxygen atoms in total. The van der Waals surface area contributed by atoms with Gasteiger partial charge in [-0.05, 0) is 38.9 Å². The summed E-state index contributed by atoms with van der Waals surface area (Å²) in [6, 6.07) is 0. The average molecular weight is 157 g/mol. The van der Waals surface area contributed by atoms with Gasteiger partial charge in [0.15, 0.2) is 0 Å². The summed E-state index contributed by atoms with van der Waals surface area (Å²) in [5.41, 5.74) is 0. The third kappa shape index (κ3) is 3.18. The number of rotatable bonds is 2. The highest BCUT2D eigenvalue weighted by Crippen LogP contribution is 2.15. The van der Waals surface area contributed by atoms with Crippen molar-refractivity contribution in [1.29, 1.82) is 0 Å². The van der Waals surface area contributed by atoms with Gasteiger partial charge in [-0.1, -0.05) is 0 Å². The second-order valence-electron chi connectivity index (χ2n) is 3.69. The molecule has 1 saturated heterocycles. The average Bonchev–Trinajstić information content (AvgIpc) is 1.93. The van der Waals surface area contributed by atoms with Gasteiger partial charge in [0.1, 0.15) is 0 Å². The molecule has 3 heteroatoms. The standard InChI is InChI=1S/C8H19N3/c1-10-5-3-8(4-6-10)7-11(2)9/h8H,3-7,9H2,1-2H3. The fraction of sp³-hybridized carbons (Fsp3) is 1.00. The summed E-state index contributed by atoms with van der Waals surface area (Å²) in [6.45, 7) is 3.52. The Labute approximate surface area is 69.1 Å². The molecule has 1 fully saturated rings. The smallest absolute Gasteiger partial charge is 0.0154 e. The molecule has 0 saturated carbocycles. The lowest BCUT2D eigenvalue weighted by Crippen LogP contribution is -2.38. The molecule has 0 aromatic heterocycles. The first-order valence-corrected chi connectivity index (χ1v) is 4.33. The van der Waals surface area contributed by atoms with Crippen LogP contribution in [-0.4, -0.2) is 43.6 Å². The Morgan fingerprint density at radius 3 is 2.45 bits per heavy atom. The molecule has 0 spiro atoms. The van der Waals surface area contributed by atoms with Crippen molar-refractivity contribution in [2.45, 2.75) is 12.8 Å². The highest BCUT2D eigenvalue weighted by molar-refractivity contribution is 4.70. The predicted molar refractivity (Wildman–Crippen MR) is 47.0 cm³/mol. The Morgan fingerprint density at radius 2 is 2.00 bits per heavy atom. The van der Waals surface area contributed by atoms with Crippen molar-refractivity contribution in [2.75, 3.05) is 33.7 Å². The monoisotopic (exact) mass is 157 g/mol. The zero-order chi connectivity index (χ0) is 8.27. The summed E-state index contributed by atoms with van der Waals surface area (Å²) < 4.78 is 0. The fourth-order valence-electron chi connectivity index (χ4n) is 1.65. The van der Waals surface area contributed by atoms with Gasteiger partial charge in [-0.3, -0.25) is 5.84 Å². The predicted octanol–water partition coefficient (Wildman–Crippen LogP) is 0.134. The number of likely N-dealkylation sites (tertiary alicyclic amines) is 1. The van der Waals surface area contributed by atoms with Crippen molar-refractivity contribution < 1.29 is 0 Å². The van der Waals surface area contributed by atoms with Crippen molar-refractivity contribution in [3.05, 3.63) is 0 Å². The Kier molecular flexibility index (Phi) is 3.30. The van der Waals surface area contributed by atoms with Crippen LogP contribution in [0.3, 0.4) is 0 Å². The quantitative estimate of drug-likeness (QED) is 0.457. The second-order valence-corrected chi connectivity index (χ2v) is 3.69. The Morgan fingerprint density at radius 1 is 1.45 bits per heavy atom. The van der Waals surface area contributed by atoms with E-state index in [1.165, 1.54) is 25.9 Å². The Hall–Kier alpha value is -0.120. The maximum Gasteiger partial charge on any atom is 0.0154 e. The van der Waals surface area contributed by atoms with Gasteiger partial charge in [0.25, 0.3) is 0 Å². The van der Waals surface area contributed by atoms with E-state index < -0.39 is 0 Å². The van der Waals surface area contributed by atoms with E-state index in [2.05, 4.69) is 11.9 Å². The van der Waals surface area contributed by atoms with Gasteiger partial charge in [0.2, 0.25) is 0 Å². The second kappa shape index (κ2) is 4.04. The molecule has 11 heavy (non-hydrogen) atoms. The van der Waals surface area contributed by atoms with E-state index in [4.69, 9.17) is 5.84 Å². The molecule has 1 aliphatic heterocycles. The first-order valence-electron chi connectivity index (χ1n) is 4.33. The van der Waals surface area contributed by atoms with Gasteiger partial charge < -0.3 is 4.90 Å². The maximum absolute atomic E-state index is 5.58. The van der Waals surface area contributed by atoms with Crippen LogP contribution >= 0.6 is 0 Å². The van der Waals surface area contributed by atoms with E-state index in [1.807, 2.05) is 7.05 Å². The van der Waals surface area contributed by atoms with Crippen LogP contribution in [0.5, 0.6) is 0 Å². The molecule has 0 aromatic carbocycles. The summed E-state index contributed by atoms with van der Waals surface area (Å²) in [6.07, 6.45) is 2.61. The summed E-state index contributed by atoms with van der Waals surface area (Å²) in [7, 11) is 4.13. The first kappa shape index (κ1) is 8.97. The molecule has 0 aliphatic carbocycles. The molecule has 0 unspecified atom stereocenters. The molecule has 1 heterocycles. The highest BCUT2D eigenvalue weighted by atomic mass is 15.4. The molecule has 0 aromatic rings. The number of hydrogen-bond donors (Lipinski definition) is 1. The normalized spacial score (nSPS) is 22.9. The van der Waals surface area contributed by atoms with Crippen LogP contribution in [0.1, 0.15) is 12.8 Å². The molecule has 0 radical (unpaired) electrons. The lowest BCUT2D eigenvalue weighted by atomic mass is 9.97. The van der Waals surface area contributed by atoms with E-state index >= 15 is 0 Å². The molecule has 2 N–H and O–H groups in total. The number of nitrogens with zero attached hydrogens (tertiary/aromatic N) is 2. The highest BCUT2D eigenvalue weighted by Gasteiger charge is 2.16. The molecule has 1 aliphatic rings. The fourth-order valence-corrected chi connectivity index (χ4v) is 1.65. The Balaban J connectivity index is 2.17. The first-order chi connectivity index (χ1) is 5.18. The van der Waals surface area contributed by atoms with Gasteiger partial charge in [-0.25, -0.2) is 5.01 Å². The Bertz CT molecular complexity index is 106. The molecular formula is C8H19N3. The maximum atomic E-state index is 5.58. The van der Waals surface area contributed by atoms with Crippen molar-refractivity contribution in [3.63, 3.8) is 0 Å². The van der Waals surface area contributed by atoms with Crippen LogP contribution in [0.15, 0.2) is 0 Å². The van der Waals surface area contributed by atoms with E-state index in [-0.39, 0.29) is 0 Å². The summed E-state index contributed by atoms with van der Waals surface area (Å²) in [5, 5.41) is 1.80. The summed E-state index contributed by atoms with van der Waals surface area (Å²) >= 11 is 0. The van der Waals surface area contributed by atoms with Crippen molar-refractivity contribution in [3.8, 4) is 0 Å². The van der Waals surface area contributed by atoms with Crippen molar-refractivity contribution in [1.82, 2.24) is 9.91 Å². The third-order valence-electron chi connectivity index (χ3n) is 2.38. The summed E-state index contributed by atoms with van der Waals surface area (Å²) in [5.74, 6) is 6.40. The minimum absolute atomic E-state index is 0.821. The molecule has 0 atom stereocenters. The number of piperidine rings is 1. The van der Waals surface area contributed by atoms with Gasteiger partial charge in [-0.2, -0.15) is 0 Å². The zero-order valence-electron chi connectivity index (χ0n) is 7.58. The van der Waals surface area contributed by atoms with Crippen LogP contribution in [0.4, 0.5) is 0 Å². The van der Waals surface area contributed by atoms with E-state index in [9.17, 15) is 0 Å². The van der Waals surface area contributed by atoms with Crippen LogP contribution < -0.4 is 5.84 Å². The molecular weight excluding hydrogens is 138 g/mol. The van der Waals surface area contributed by atoms with Crippen LogP contribution in [0.25, 0.3) is 0 Å². The molecule has 1 rings (SSSR count). The van der Waals surface area contributed by atoms with Gasteiger partial charge in [0.05, 0.1) is 0 Å². The van der Waals surface area contributed by atoms with Crippen molar-refractivity contribution in [2.24, 2.45) is 11.8 Å². The van der Waals surface area contributed by atoms with E-state index in [0.717, 1.165) is 12.5 Å². The minimum Gasteiger partial charge on any atom is -0.306 e. The topological polar surface area (TPSA) is 32.5 Å². The van der Waals surface area contributed by atoms with Gasteiger partial charge in [-0.15, -0.1) is 0 Å². The summed E-state index contributed by atoms with van der Waals surface area (Å²) in [4.78, 5) is 2.38. The van der Waals surface area contributed by atoms with Crippen LogP contribution in [-0.2, 0) is 0 Å². The number of hydrazine groups is 1. The molecule has 0 amide bonds. The van der Waals surface area contributed by atoms with Crippen molar-refractivity contribution >= 4 is 0 Å². The number of nitrogens with two attached hydrogens (primary N) is 1. The minimum atomic E-state index is 0.821. The van der Waals surface area contributed by atoms with E-state index in [1.54, 1.807) is 5.01 Å². The molecule has 66 valence electrons. The SMILES string of the molecule is CN(N)CC1CCN(C)CC1. The lowest BCUT2D eigenvalue weighted by molar-refractivity contribution is 0.177. The molecule has 0 bridgehead atoms. The largest absolute Gasteiger partial charge is 0.306 e. The lowest BCUT2D eigenvalue weighted by Gasteiger charge is -2.30. The van der Waals surface area contributed by atoms with Crippen LogP contribution in [0, 0.1) is 5.92 Å². The van der Waals surface area contributed by atoms with Gasteiger partial charge in [0, 0.05) is 13.6 Å². The zero-order valence-corrected chi connectivity index (χ0v) is 7.58. The van der Waals surface area contributed by atoms with Crippen LogP contribution in [0.2, 0.25) is 0 Å². The van der Waals surface area contributed by atoms with E-state index in [0.29, 0.717) is 0 Å².